The Morgan fingerprint density at radius 2 is 1.94 bits per heavy atom. The van der Waals surface area contributed by atoms with Gasteiger partial charge in [-0.05, 0) is 36.2 Å². The van der Waals surface area contributed by atoms with Crippen molar-refractivity contribution in [1.82, 2.24) is 9.88 Å². The number of hydrogen-bond acceptors (Lipinski definition) is 2. The monoisotopic (exact) mass is 242 g/mol. The van der Waals surface area contributed by atoms with Gasteiger partial charge in [-0.1, -0.05) is 12.1 Å². The number of aromatic nitrogens is 1. The summed E-state index contributed by atoms with van der Waals surface area (Å²) in [5.41, 5.74) is 2.52. The van der Waals surface area contributed by atoms with Crippen LogP contribution in [0.15, 0.2) is 48.8 Å². The lowest BCUT2D eigenvalue weighted by molar-refractivity contribution is 0.190. The summed E-state index contributed by atoms with van der Waals surface area (Å²) < 4.78 is 7.46. The third-order valence-corrected chi connectivity index (χ3v) is 3.36. The summed E-state index contributed by atoms with van der Waals surface area (Å²) in [6.07, 6.45) is 5.24. The minimum Gasteiger partial charge on any atom is -0.380 e. The van der Waals surface area contributed by atoms with Crippen LogP contribution >= 0.6 is 0 Å². The highest BCUT2D eigenvalue weighted by molar-refractivity contribution is 5.35. The fourth-order valence-corrected chi connectivity index (χ4v) is 2.25. The topological polar surface area (TPSA) is 26.2 Å². The first-order chi connectivity index (χ1) is 8.92. The molecule has 1 aliphatic rings. The van der Waals surface area contributed by atoms with Crippen LogP contribution in [0.1, 0.15) is 12.0 Å². The maximum absolute atomic E-state index is 5.35. The smallest absolute Gasteiger partial charge is 0.0620 e. The van der Waals surface area contributed by atoms with E-state index in [0.717, 1.165) is 26.2 Å². The van der Waals surface area contributed by atoms with Gasteiger partial charge in [0.25, 0.3) is 0 Å². The fourth-order valence-electron chi connectivity index (χ4n) is 2.25. The Kier molecular flexibility index (Phi) is 3.44. The molecule has 1 saturated heterocycles. The normalized spacial score (nSPS) is 19.2. The standard InChI is InChI=1S/C15H18N2O/c1-2-9-17(8-1)15-5-3-13(4-6-15)11-16-14-7-10-18-12-14/h1-6,8-9,14,16H,7,10-12H2/t14-/m1/s1. The van der Waals surface area contributed by atoms with Crippen LogP contribution in [0.2, 0.25) is 0 Å². The van der Waals surface area contributed by atoms with Crippen LogP contribution in [0, 0.1) is 0 Å². The van der Waals surface area contributed by atoms with Crippen molar-refractivity contribution >= 4 is 0 Å². The van der Waals surface area contributed by atoms with Crippen molar-refractivity contribution in [2.24, 2.45) is 0 Å². The lowest BCUT2D eigenvalue weighted by atomic mass is 10.2. The van der Waals surface area contributed by atoms with E-state index in [0.29, 0.717) is 6.04 Å². The van der Waals surface area contributed by atoms with Gasteiger partial charge in [-0.15, -0.1) is 0 Å². The van der Waals surface area contributed by atoms with Gasteiger partial charge in [0.05, 0.1) is 6.61 Å². The van der Waals surface area contributed by atoms with Crippen LogP contribution in [-0.4, -0.2) is 23.8 Å². The summed E-state index contributed by atoms with van der Waals surface area (Å²) in [7, 11) is 0. The molecule has 0 aliphatic carbocycles. The molecular weight excluding hydrogens is 224 g/mol. The second-order valence-electron chi connectivity index (χ2n) is 4.70. The Bertz CT molecular complexity index is 470. The summed E-state index contributed by atoms with van der Waals surface area (Å²) in [6, 6.07) is 13.3. The van der Waals surface area contributed by atoms with E-state index in [1.54, 1.807) is 0 Å². The molecule has 1 N–H and O–H groups in total. The molecule has 1 aliphatic heterocycles. The third-order valence-electron chi connectivity index (χ3n) is 3.36. The molecule has 2 aromatic rings. The molecule has 3 rings (SSSR count). The van der Waals surface area contributed by atoms with Crippen LogP contribution in [0.4, 0.5) is 0 Å². The predicted molar refractivity (Wildman–Crippen MR) is 71.8 cm³/mol. The highest BCUT2D eigenvalue weighted by atomic mass is 16.5. The Labute approximate surface area is 107 Å². The van der Waals surface area contributed by atoms with E-state index < -0.39 is 0 Å². The zero-order valence-corrected chi connectivity index (χ0v) is 10.4. The predicted octanol–water partition coefficient (Wildman–Crippen LogP) is 2.36. The van der Waals surface area contributed by atoms with Crippen LogP contribution in [0.25, 0.3) is 5.69 Å². The van der Waals surface area contributed by atoms with Crippen molar-refractivity contribution in [1.29, 1.82) is 0 Å². The van der Waals surface area contributed by atoms with E-state index in [2.05, 4.69) is 46.5 Å². The first kappa shape index (κ1) is 11.5. The molecule has 0 amide bonds. The fraction of sp³-hybridized carbons (Fsp3) is 0.333. The van der Waals surface area contributed by atoms with Crippen LogP contribution in [0.5, 0.6) is 0 Å². The highest BCUT2D eigenvalue weighted by Gasteiger charge is 2.14. The van der Waals surface area contributed by atoms with Crippen LogP contribution in [-0.2, 0) is 11.3 Å². The minimum atomic E-state index is 0.522. The maximum atomic E-state index is 5.35. The number of rotatable bonds is 4. The summed E-state index contributed by atoms with van der Waals surface area (Å²) in [5.74, 6) is 0. The average Bonchev–Trinajstić information content (AvgIpc) is 3.10. The van der Waals surface area contributed by atoms with Crippen molar-refractivity contribution in [2.45, 2.75) is 19.0 Å². The molecule has 2 heterocycles. The maximum Gasteiger partial charge on any atom is 0.0620 e. The molecule has 0 bridgehead atoms. The summed E-state index contributed by atoms with van der Waals surface area (Å²) in [4.78, 5) is 0. The molecule has 1 aromatic heterocycles. The van der Waals surface area contributed by atoms with Gasteiger partial charge in [0.15, 0.2) is 0 Å². The van der Waals surface area contributed by atoms with Crippen molar-refractivity contribution in [3.63, 3.8) is 0 Å². The summed E-state index contributed by atoms with van der Waals surface area (Å²) >= 11 is 0. The molecule has 94 valence electrons. The van der Waals surface area contributed by atoms with Gasteiger partial charge >= 0.3 is 0 Å². The molecule has 0 spiro atoms. The van der Waals surface area contributed by atoms with E-state index in [-0.39, 0.29) is 0 Å². The van der Waals surface area contributed by atoms with Gasteiger partial charge < -0.3 is 14.6 Å². The van der Waals surface area contributed by atoms with Gasteiger partial charge in [-0.3, -0.25) is 0 Å². The number of nitrogens with zero attached hydrogens (tertiary/aromatic N) is 1. The first-order valence-corrected chi connectivity index (χ1v) is 6.45. The van der Waals surface area contributed by atoms with Crippen LogP contribution in [0.3, 0.4) is 0 Å². The number of ether oxygens (including phenoxy) is 1. The Morgan fingerprint density at radius 1 is 1.17 bits per heavy atom. The number of nitrogens with one attached hydrogen (secondary N) is 1. The third kappa shape index (κ3) is 2.63. The van der Waals surface area contributed by atoms with Crippen molar-refractivity contribution < 1.29 is 4.74 Å². The van der Waals surface area contributed by atoms with E-state index in [1.165, 1.54) is 11.3 Å². The van der Waals surface area contributed by atoms with Crippen molar-refractivity contribution in [3.8, 4) is 5.69 Å². The van der Waals surface area contributed by atoms with Gasteiger partial charge in [0.2, 0.25) is 0 Å². The summed E-state index contributed by atoms with van der Waals surface area (Å²) in [6.45, 7) is 2.66. The minimum absolute atomic E-state index is 0.522. The lowest BCUT2D eigenvalue weighted by Crippen LogP contribution is -2.28. The van der Waals surface area contributed by atoms with Crippen molar-refractivity contribution in [3.05, 3.63) is 54.4 Å². The SMILES string of the molecule is c1ccn(-c2ccc(CN[C@@H]3CCOC3)cc2)c1. The lowest BCUT2D eigenvalue weighted by Gasteiger charge is -2.11. The largest absolute Gasteiger partial charge is 0.380 e. The Hall–Kier alpha value is -1.58. The molecule has 1 atom stereocenters. The van der Waals surface area contributed by atoms with E-state index in [4.69, 9.17) is 4.74 Å². The van der Waals surface area contributed by atoms with E-state index in [1.807, 2.05) is 12.1 Å². The zero-order chi connectivity index (χ0) is 12.2. The van der Waals surface area contributed by atoms with Gasteiger partial charge in [-0.25, -0.2) is 0 Å². The highest BCUT2D eigenvalue weighted by Crippen LogP contribution is 2.11. The molecule has 1 fully saturated rings. The van der Waals surface area contributed by atoms with Gasteiger partial charge in [0, 0.05) is 37.3 Å². The van der Waals surface area contributed by atoms with E-state index >= 15 is 0 Å². The molecule has 3 nitrogen and oxygen atoms in total. The molecule has 0 unspecified atom stereocenters. The second-order valence-corrected chi connectivity index (χ2v) is 4.70. The van der Waals surface area contributed by atoms with Gasteiger partial charge in [-0.2, -0.15) is 0 Å². The molecule has 3 heteroatoms. The van der Waals surface area contributed by atoms with Crippen molar-refractivity contribution in [2.75, 3.05) is 13.2 Å². The van der Waals surface area contributed by atoms with Gasteiger partial charge in [0.1, 0.15) is 0 Å². The van der Waals surface area contributed by atoms with E-state index in [9.17, 15) is 0 Å². The Balaban J connectivity index is 1.60. The molecule has 1 aromatic carbocycles. The average molecular weight is 242 g/mol. The number of benzene rings is 1. The molecular formula is C15H18N2O. The number of hydrogen-bond donors (Lipinski definition) is 1. The quantitative estimate of drug-likeness (QED) is 0.890. The summed E-state index contributed by atoms with van der Waals surface area (Å²) in [5, 5.41) is 3.52. The molecule has 18 heavy (non-hydrogen) atoms. The Morgan fingerprint density at radius 3 is 2.61 bits per heavy atom. The molecule has 0 saturated carbocycles. The first-order valence-electron chi connectivity index (χ1n) is 6.45. The zero-order valence-electron chi connectivity index (χ0n) is 10.4. The second kappa shape index (κ2) is 5.38. The molecule has 0 radical (unpaired) electrons. The van der Waals surface area contributed by atoms with Crippen LogP contribution < -0.4 is 5.32 Å².